The van der Waals surface area contributed by atoms with E-state index in [0.717, 1.165) is 0 Å². The first-order chi connectivity index (χ1) is 6.79. The molecule has 1 aromatic carbocycles. The number of piperidine rings is 1. The Bertz CT molecular complexity index is 343. The third kappa shape index (κ3) is 1.53. The minimum atomic E-state index is -0.0903. The molecule has 1 fully saturated rings. The van der Waals surface area contributed by atoms with Crippen molar-refractivity contribution in [2.24, 2.45) is 0 Å². The first kappa shape index (κ1) is 8.94. The van der Waals surface area contributed by atoms with Gasteiger partial charge >= 0.3 is 0 Å². The second kappa shape index (κ2) is 3.62. The summed E-state index contributed by atoms with van der Waals surface area (Å²) >= 11 is 0. The standard InChI is InChI=1S/C11H11NO2/c13-10-7-4-8-11(14)12(10)9-5-2-1-3-6-9/h1-3,5-6H,4,7-8H2. The van der Waals surface area contributed by atoms with E-state index in [4.69, 9.17) is 0 Å². The predicted octanol–water partition coefficient (Wildman–Crippen LogP) is 1.73. The van der Waals surface area contributed by atoms with Gasteiger partial charge in [-0.1, -0.05) is 18.2 Å². The van der Waals surface area contributed by atoms with Crippen LogP contribution in [-0.4, -0.2) is 11.8 Å². The molecule has 1 aromatic rings. The molecule has 14 heavy (non-hydrogen) atoms. The first-order valence-electron chi connectivity index (χ1n) is 4.70. The average molecular weight is 189 g/mol. The van der Waals surface area contributed by atoms with Crippen LogP contribution in [0.25, 0.3) is 0 Å². The summed E-state index contributed by atoms with van der Waals surface area (Å²) in [5.74, 6) is -0.181. The van der Waals surface area contributed by atoms with E-state index in [1.54, 1.807) is 12.1 Å². The van der Waals surface area contributed by atoms with Crippen molar-refractivity contribution in [2.45, 2.75) is 19.3 Å². The zero-order valence-corrected chi connectivity index (χ0v) is 7.77. The lowest BCUT2D eigenvalue weighted by molar-refractivity contribution is -0.129. The van der Waals surface area contributed by atoms with Gasteiger partial charge in [0.15, 0.2) is 0 Å². The zero-order chi connectivity index (χ0) is 9.97. The molecule has 1 saturated heterocycles. The number of para-hydroxylation sites is 1. The third-order valence-electron chi connectivity index (χ3n) is 2.29. The van der Waals surface area contributed by atoms with Crippen LogP contribution in [0.15, 0.2) is 30.3 Å². The lowest BCUT2D eigenvalue weighted by atomic mass is 10.1. The van der Waals surface area contributed by atoms with Crippen LogP contribution < -0.4 is 4.90 Å². The maximum absolute atomic E-state index is 11.5. The third-order valence-corrected chi connectivity index (χ3v) is 2.29. The van der Waals surface area contributed by atoms with E-state index in [2.05, 4.69) is 0 Å². The van der Waals surface area contributed by atoms with Crippen molar-refractivity contribution in [1.82, 2.24) is 0 Å². The van der Waals surface area contributed by atoms with Crippen LogP contribution >= 0.6 is 0 Å². The number of rotatable bonds is 1. The summed E-state index contributed by atoms with van der Waals surface area (Å²) in [5, 5.41) is 0. The van der Waals surface area contributed by atoms with E-state index in [0.29, 0.717) is 24.9 Å². The van der Waals surface area contributed by atoms with Crippen LogP contribution in [0.5, 0.6) is 0 Å². The molecular formula is C11H11NO2. The Labute approximate surface area is 82.3 Å². The van der Waals surface area contributed by atoms with E-state index in [1.165, 1.54) is 4.90 Å². The molecule has 3 heteroatoms. The van der Waals surface area contributed by atoms with Crippen molar-refractivity contribution in [3.05, 3.63) is 30.3 Å². The normalized spacial score (nSPS) is 17.3. The van der Waals surface area contributed by atoms with Gasteiger partial charge in [0.1, 0.15) is 0 Å². The first-order valence-corrected chi connectivity index (χ1v) is 4.70. The number of benzene rings is 1. The van der Waals surface area contributed by atoms with Crippen molar-refractivity contribution in [3.8, 4) is 0 Å². The number of carbonyl (C=O) groups is 2. The molecular weight excluding hydrogens is 178 g/mol. The van der Waals surface area contributed by atoms with Crippen LogP contribution in [0.3, 0.4) is 0 Å². The van der Waals surface area contributed by atoms with Crippen LogP contribution in [-0.2, 0) is 9.59 Å². The molecule has 0 saturated carbocycles. The monoisotopic (exact) mass is 189 g/mol. The van der Waals surface area contributed by atoms with Crippen molar-refractivity contribution < 1.29 is 9.59 Å². The number of carbonyl (C=O) groups excluding carboxylic acids is 2. The Hall–Kier alpha value is -1.64. The summed E-state index contributed by atoms with van der Waals surface area (Å²) in [7, 11) is 0. The second-order valence-electron chi connectivity index (χ2n) is 3.31. The van der Waals surface area contributed by atoms with Gasteiger partial charge in [0.05, 0.1) is 5.69 Å². The zero-order valence-electron chi connectivity index (χ0n) is 7.77. The molecule has 0 atom stereocenters. The van der Waals surface area contributed by atoms with Gasteiger partial charge in [-0.15, -0.1) is 0 Å². The fourth-order valence-corrected chi connectivity index (χ4v) is 1.62. The summed E-state index contributed by atoms with van der Waals surface area (Å²) in [6.45, 7) is 0. The maximum Gasteiger partial charge on any atom is 0.233 e. The molecule has 0 aromatic heterocycles. The van der Waals surface area contributed by atoms with Gasteiger partial charge in [0, 0.05) is 12.8 Å². The molecule has 0 spiro atoms. The highest BCUT2D eigenvalue weighted by Gasteiger charge is 2.26. The summed E-state index contributed by atoms with van der Waals surface area (Å²) in [4.78, 5) is 24.3. The Kier molecular flexibility index (Phi) is 2.31. The lowest BCUT2D eigenvalue weighted by Gasteiger charge is -2.24. The highest BCUT2D eigenvalue weighted by atomic mass is 16.2. The summed E-state index contributed by atoms with van der Waals surface area (Å²) in [6.07, 6.45) is 1.63. The highest BCUT2D eigenvalue weighted by molar-refractivity contribution is 6.16. The Balaban J connectivity index is 2.32. The fraction of sp³-hybridized carbons (Fsp3) is 0.273. The van der Waals surface area contributed by atoms with Crippen LogP contribution in [0.2, 0.25) is 0 Å². The van der Waals surface area contributed by atoms with Crippen LogP contribution in [0, 0.1) is 0 Å². The molecule has 0 N–H and O–H groups in total. The molecule has 1 aliphatic rings. The molecule has 1 aliphatic heterocycles. The average Bonchev–Trinajstić information content (AvgIpc) is 2.19. The van der Waals surface area contributed by atoms with E-state index in [9.17, 15) is 9.59 Å². The summed E-state index contributed by atoms with van der Waals surface area (Å²) < 4.78 is 0. The van der Waals surface area contributed by atoms with Crippen LogP contribution in [0.4, 0.5) is 5.69 Å². The van der Waals surface area contributed by atoms with E-state index >= 15 is 0 Å². The van der Waals surface area contributed by atoms with Crippen molar-refractivity contribution in [2.75, 3.05) is 4.90 Å². The molecule has 0 radical (unpaired) electrons. The van der Waals surface area contributed by atoms with Crippen molar-refractivity contribution in [3.63, 3.8) is 0 Å². The topological polar surface area (TPSA) is 37.4 Å². The fourth-order valence-electron chi connectivity index (χ4n) is 1.62. The van der Waals surface area contributed by atoms with Gasteiger partial charge in [-0.3, -0.25) is 14.5 Å². The quantitative estimate of drug-likeness (QED) is 0.631. The van der Waals surface area contributed by atoms with Gasteiger partial charge in [0.25, 0.3) is 0 Å². The molecule has 3 nitrogen and oxygen atoms in total. The largest absolute Gasteiger partial charge is 0.274 e. The van der Waals surface area contributed by atoms with E-state index < -0.39 is 0 Å². The number of nitrogens with zero attached hydrogens (tertiary/aromatic N) is 1. The van der Waals surface area contributed by atoms with Gasteiger partial charge < -0.3 is 0 Å². The number of amides is 2. The molecule has 2 amide bonds. The predicted molar refractivity (Wildman–Crippen MR) is 52.8 cm³/mol. The number of anilines is 1. The smallest absolute Gasteiger partial charge is 0.233 e. The molecule has 0 unspecified atom stereocenters. The van der Waals surface area contributed by atoms with Gasteiger partial charge in [-0.05, 0) is 18.6 Å². The Morgan fingerprint density at radius 1 is 0.929 bits per heavy atom. The number of hydrogen-bond acceptors (Lipinski definition) is 2. The Morgan fingerprint density at radius 3 is 2.07 bits per heavy atom. The highest BCUT2D eigenvalue weighted by Crippen LogP contribution is 2.20. The number of imide groups is 1. The van der Waals surface area contributed by atoms with E-state index in [1.807, 2.05) is 18.2 Å². The van der Waals surface area contributed by atoms with Crippen LogP contribution in [0.1, 0.15) is 19.3 Å². The van der Waals surface area contributed by atoms with Gasteiger partial charge in [0.2, 0.25) is 11.8 Å². The number of hydrogen-bond donors (Lipinski definition) is 0. The molecule has 0 bridgehead atoms. The minimum Gasteiger partial charge on any atom is -0.274 e. The maximum atomic E-state index is 11.5. The van der Waals surface area contributed by atoms with Gasteiger partial charge in [-0.2, -0.15) is 0 Å². The summed E-state index contributed by atoms with van der Waals surface area (Å²) in [6, 6.07) is 9.07. The molecule has 72 valence electrons. The molecule has 1 heterocycles. The van der Waals surface area contributed by atoms with Crippen molar-refractivity contribution >= 4 is 17.5 Å². The lowest BCUT2D eigenvalue weighted by Crippen LogP contribution is -2.40. The Morgan fingerprint density at radius 2 is 1.50 bits per heavy atom. The SMILES string of the molecule is O=C1CCCC(=O)N1c1ccccc1. The second-order valence-corrected chi connectivity index (χ2v) is 3.31. The van der Waals surface area contributed by atoms with Gasteiger partial charge in [-0.25, -0.2) is 0 Å². The van der Waals surface area contributed by atoms with E-state index in [-0.39, 0.29) is 11.8 Å². The van der Waals surface area contributed by atoms with Crippen molar-refractivity contribution in [1.29, 1.82) is 0 Å². The molecule has 0 aliphatic carbocycles. The summed E-state index contributed by atoms with van der Waals surface area (Å²) in [5.41, 5.74) is 0.683. The minimum absolute atomic E-state index is 0.0903. The molecule has 2 rings (SSSR count).